The standard InChI is InChI=1S/C9H15N3OS/c1-6(10)9-11-7(5-14-9)4-8(13)12(2)3/h5-6H,4,10H2,1-3H3. The Morgan fingerprint density at radius 1 is 1.71 bits per heavy atom. The van der Waals surface area contributed by atoms with Crippen LogP contribution >= 0.6 is 11.3 Å². The number of rotatable bonds is 3. The van der Waals surface area contributed by atoms with Crippen molar-refractivity contribution in [2.45, 2.75) is 19.4 Å². The van der Waals surface area contributed by atoms with Crippen molar-refractivity contribution in [2.75, 3.05) is 14.1 Å². The molecule has 0 bridgehead atoms. The van der Waals surface area contributed by atoms with Crippen molar-refractivity contribution in [1.82, 2.24) is 9.88 Å². The summed E-state index contributed by atoms with van der Waals surface area (Å²) in [6.45, 7) is 1.89. The summed E-state index contributed by atoms with van der Waals surface area (Å²) < 4.78 is 0. The highest BCUT2D eigenvalue weighted by Crippen LogP contribution is 2.16. The van der Waals surface area contributed by atoms with Gasteiger partial charge in [-0.25, -0.2) is 4.98 Å². The SMILES string of the molecule is CC(N)c1nc(CC(=O)N(C)C)cs1. The maximum absolute atomic E-state index is 11.4. The van der Waals surface area contributed by atoms with Crippen LogP contribution in [0.2, 0.25) is 0 Å². The Kier molecular flexibility index (Phi) is 3.60. The minimum atomic E-state index is -0.0526. The van der Waals surface area contributed by atoms with Gasteiger partial charge in [-0.2, -0.15) is 0 Å². The molecule has 0 aliphatic carbocycles. The molecule has 0 aliphatic rings. The number of carbonyl (C=O) groups is 1. The summed E-state index contributed by atoms with van der Waals surface area (Å²) >= 11 is 1.50. The Bertz CT molecular complexity index is 320. The Morgan fingerprint density at radius 3 is 2.79 bits per heavy atom. The zero-order valence-electron chi connectivity index (χ0n) is 8.65. The number of amides is 1. The van der Waals surface area contributed by atoms with Crippen molar-refractivity contribution in [2.24, 2.45) is 5.73 Å². The van der Waals surface area contributed by atoms with Crippen molar-refractivity contribution in [3.8, 4) is 0 Å². The van der Waals surface area contributed by atoms with Crippen LogP contribution in [0.1, 0.15) is 23.7 Å². The van der Waals surface area contributed by atoms with Crippen molar-refractivity contribution in [3.63, 3.8) is 0 Å². The number of hydrogen-bond donors (Lipinski definition) is 1. The predicted octanol–water partition coefficient (Wildman–Crippen LogP) is 0.794. The Hall–Kier alpha value is -0.940. The molecule has 0 radical (unpaired) electrons. The molecule has 1 rings (SSSR count). The van der Waals surface area contributed by atoms with Crippen LogP contribution in [-0.4, -0.2) is 29.9 Å². The van der Waals surface area contributed by atoms with E-state index in [4.69, 9.17) is 5.73 Å². The van der Waals surface area contributed by atoms with Crippen molar-refractivity contribution in [3.05, 3.63) is 16.1 Å². The number of likely N-dealkylation sites (N-methyl/N-ethyl adjacent to an activating group) is 1. The lowest BCUT2D eigenvalue weighted by Gasteiger charge is -2.08. The highest BCUT2D eigenvalue weighted by Gasteiger charge is 2.10. The van der Waals surface area contributed by atoms with Gasteiger partial charge in [0.1, 0.15) is 5.01 Å². The second kappa shape index (κ2) is 4.52. The third-order valence-corrected chi connectivity index (χ3v) is 2.88. The number of carbonyl (C=O) groups excluding carboxylic acids is 1. The molecule has 0 aliphatic heterocycles. The lowest BCUT2D eigenvalue weighted by atomic mass is 10.3. The average Bonchev–Trinajstić information content (AvgIpc) is 2.52. The summed E-state index contributed by atoms with van der Waals surface area (Å²) in [6, 6.07) is -0.0526. The molecule has 14 heavy (non-hydrogen) atoms. The number of nitrogens with two attached hydrogens (primary N) is 1. The molecule has 5 heteroatoms. The Morgan fingerprint density at radius 2 is 2.36 bits per heavy atom. The van der Waals surface area contributed by atoms with E-state index < -0.39 is 0 Å². The van der Waals surface area contributed by atoms with E-state index in [9.17, 15) is 4.79 Å². The first-order chi connectivity index (χ1) is 6.50. The highest BCUT2D eigenvalue weighted by atomic mass is 32.1. The van der Waals surface area contributed by atoms with Gasteiger partial charge < -0.3 is 10.6 Å². The smallest absolute Gasteiger partial charge is 0.228 e. The molecule has 0 saturated heterocycles. The summed E-state index contributed by atoms with van der Waals surface area (Å²) in [6.07, 6.45) is 0.357. The van der Waals surface area contributed by atoms with Gasteiger partial charge in [-0.3, -0.25) is 4.79 Å². The van der Waals surface area contributed by atoms with Crippen molar-refractivity contribution >= 4 is 17.2 Å². The lowest BCUT2D eigenvalue weighted by Crippen LogP contribution is -2.23. The van der Waals surface area contributed by atoms with Crippen LogP contribution in [0.5, 0.6) is 0 Å². The molecule has 0 saturated carbocycles. The topological polar surface area (TPSA) is 59.2 Å². The maximum Gasteiger partial charge on any atom is 0.228 e. The molecule has 1 heterocycles. The molecular weight excluding hydrogens is 198 g/mol. The fraction of sp³-hybridized carbons (Fsp3) is 0.556. The highest BCUT2D eigenvalue weighted by molar-refractivity contribution is 7.09. The molecule has 2 N–H and O–H groups in total. The van der Waals surface area contributed by atoms with Gasteiger partial charge in [0.15, 0.2) is 0 Å². The minimum absolute atomic E-state index is 0.0526. The fourth-order valence-electron chi connectivity index (χ4n) is 0.926. The Labute approximate surface area is 87.7 Å². The predicted molar refractivity (Wildman–Crippen MR) is 57.1 cm³/mol. The van der Waals surface area contributed by atoms with Gasteiger partial charge in [0.05, 0.1) is 18.2 Å². The van der Waals surface area contributed by atoms with Gasteiger partial charge >= 0.3 is 0 Å². The molecule has 1 aromatic heterocycles. The van der Waals surface area contributed by atoms with Gasteiger partial charge in [0, 0.05) is 19.5 Å². The zero-order valence-corrected chi connectivity index (χ0v) is 9.47. The van der Waals surface area contributed by atoms with E-state index in [0.29, 0.717) is 6.42 Å². The van der Waals surface area contributed by atoms with Gasteiger partial charge in [-0.05, 0) is 6.92 Å². The van der Waals surface area contributed by atoms with Gasteiger partial charge in [-0.15, -0.1) is 11.3 Å². The molecule has 4 nitrogen and oxygen atoms in total. The summed E-state index contributed by atoms with van der Waals surface area (Å²) in [4.78, 5) is 17.2. The molecular formula is C9H15N3OS. The summed E-state index contributed by atoms with van der Waals surface area (Å²) in [5.41, 5.74) is 6.48. The molecule has 1 amide bonds. The molecule has 0 fully saturated rings. The summed E-state index contributed by atoms with van der Waals surface area (Å²) in [7, 11) is 3.47. The first-order valence-corrected chi connectivity index (χ1v) is 5.28. The van der Waals surface area contributed by atoms with Gasteiger partial charge in [-0.1, -0.05) is 0 Å². The van der Waals surface area contributed by atoms with E-state index >= 15 is 0 Å². The zero-order chi connectivity index (χ0) is 10.7. The molecule has 1 atom stereocenters. The first kappa shape index (κ1) is 11.1. The average molecular weight is 213 g/mol. The number of thiazole rings is 1. The van der Waals surface area contributed by atoms with Crippen molar-refractivity contribution < 1.29 is 4.79 Å². The fourth-order valence-corrected chi connectivity index (χ4v) is 1.70. The quantitative estimate of drug-likeness (QED) is 0.807. The van der Waals surface area contributed by atoms with E-state index in [1.165, 1.54) is 11.3 Å². The van der Waals surface area contributed by atoms with E-state index in [1.807, 2.05) is 12.3 Å². The number of hydrogen-bond acceptors (Lipinski definition) is 4. The number of nitrogens with zero attached hydrogens (tertiary/aromatic N) is 2. The van der Waals surface area contributed by atoms with Crippen LogP contribution in [0.4, 0.5) is 0 Å². The monoisotopic (exact) mass is 213 g/mol. The lowest BCUT2D eigenvalue weighted by molar-refractivity contribution is -0.128. The first-order valence-electron chi connectivity index (χ1n) is 4.40. The summed E-state index contributed by atoms with van der Waals surface area (Å²) in [5.74, 6) is 0.0616. The molecule has 1 aromatic rings. The summed E-state index contributed by atoms with van der Waals surface area (Å²) in [5, 5.41) is 2.77. The van der Waals surface area contributed by atoms with Crippen LogP contribution in [-0.2, 0) is 11.2 Å². The second-order valence-corrected chi connectivity index (χ2v) is 4.32. The van der Waals surface area contributed by atoms with Crippen LogP contribution in [0.15, 0.2) is 5.38 Å². The number of aromatic nitrogens is 1. The van der Waals surface area contributed by atoms with Crippen LogP contribution in [0.25, 0.3) is 0 Å². The van der Waals surface area contributed by atoms with Gasteiger partial charge in [0.25, 0.3) is 0 Å². The largest absolute Gasteiger partial charge is 0.348 e. The molecule has 0 spiro atoms. The molecule has 1 unspecified atom stereocenters. The van der Waals surface area contributed by atoms with E-state index in [2.05, 4.69) is 4.98 Å². The minimum Gasteiger partial charge on any atom is -0.348 e. The van der Waals surface area contributed by atoms with Crippen LogP contribution in [0.3, 0.4) is 0 Å². The van der Waals surface area contributed by atoms with E-state index in [1.54, 1.807) is 19.0 Å². The van der Waals surface area contributed by atoms with E-state index in [0.717, 1.165) is 10.7 Å². The second-order valence-electron chi connectivity index (χ2n) is 3.43. The van der Waals surface area contributed by atoms with E-state index in [-0.39, 0.29) is 11.9 Å². The third kappa shape index (κ3) is 2.78. The van der Waals surface area contributed by atoms with Crippen LogP contribution < -0.4 is 5.73 Å². The van der Waals surface area contributed by atoms with Gasteiger partial charge in [0.2, 0.25) is 5.91 Å². The van der Waals surface area contributed by atoms with Crippen molar-refractivity contribution in [1.29, 1.82) is 0 Å². The van der Waals surface area contributed by atoms with Crippen LogP contribution in [0, 0.1) is 0 Å². The third-order valence-electron chi connectivity index (χ3n) is 1.79. The maximum atomic E-state index is 11.4. The molecule has 0 aromatic carbocycles. The normalized spacial score (nSPS) is 12.6. The Balaban J connectivity index is 2.64. The molecule has 78 valence electrons.